The third-order valence-electron chi connectivity index (χ3n) is 2.65. The Bertz CT molecular complexity index is 395. The van der Waals surface area contributed by atoms with E-state index in [1.807, 2.05) is 23.5 Å². The number of halogens is 1. The fourth-order valence-corrected chi connectivity index (χ4v) is 1.60. The van der Waals surface area contributed by atoms with Gasteiger partial charge in [0.05, 0.1) is 19.6 Å². The number of esters is 1. The highest BCUT2D eigenvalue weighted by Gasteiger charge is 2.17. The van der Waals surface area contributed by atoms with Crippen LogP contribution >= 0.6 is 0 Å². The number of Topliss-reactive ketones (excluding diaryl/α,β-unsaturated/α-hetero) is 1. The van der Waals surface area contributed by atoms with E-state index >= 15 is 0 Å². The molecule has 1 aromatic rings. The summed E-state index contributed by atoms with van der Waals surface area (Å²) in [6, 6.07) is 8.92. The van der Waals surface area contributed by atoms with Crippen molar-refractivity contribution in [3.8, 4) is 0 Å². The molecule has 106 valence electrons. The van der Waals surface area contributed by atoms with Gasteiger partial charge in [-0.1, -0.05) is 30.3 Å². The van der Waals surface area contributed by atoms with E-state index in [1.165, 1.54) is 0 Å². The van der Waals surface area contributed by atoms with Crippen LogP contribution in [0.4, 0.5) is 0 Å². The summed E-state index contributed by atoms with van der Waals surface area (Å²) in [5, 5.41) is 1.83. The van der Waals surface area contributed by atoms with Crippen molar-refractivity contribution >= 4 is 11.8 Å². The fraction of sp³-hybridized carbons (Fsp3) is 0.429. The fourth-order valence-electron chi connectivity index (χ4n) is 1.60. The summed E-state index contributed by atoms with van der Waals surface area (Å²) in [6.07, 6.45) is 0.424. The average molecular weight is 286 g/mol. The predicted octanol–water partition coefficient (Wildman–Crippen LogP) is -2.22. The van der Waals surface area contributed by atoms with Gasteiger partial charge in [0.15, 0.2) is 11.8 Å². The Balaban J connectivity index is 0.00000324. The molecule has 0 fully saturated rings. The van der Waals surface area contributed by atoms with Crippen molar-refractivity contribution in [2.75, 3.05) is 13.2 Å². The molecule has 0 aliphatic carbocycles. The Labute approximate surface area is 119 Å². The monoisotopic (exact) mass is 285 g/mol. The lowest BCUT2D eigenvalue weighted by Crippen LogP contribution is -3.00. The first-order valence-corrected chi connectivity index (χ1v) is 6.23. The van der Waals surface area contributed by atoms with Gasteiger partial charge in [-0.15, -0.1) is 0 Å². The molecular weight excluding hydrogens is 266 g/mol. The second-order valence-corrected chi connectivity index (χ2v) is 4.10. The standard InChI is InChI=1S/C14H19NO3.ClH/c1-3-18-14(17)11(2)15-10-9-13(16)12-7-5-4-6-8-12;/h4-8,11,15H,3,9-10H2,1-2H3;1H. The highest BCUT2D eigenvalue weighted by molar-refractivity contribution is 5.96. The van der Waals surface area contributed by atoms with Gasteiger partial charge in [-0.25, -0.2) is 4.79 Å². The van der Waals surface area contributed by atoms with Gasteiger partial charge in [-0.05, 0) is 13.8 Å². The van der Waals surface area contributed by atoms with Crippen molar-refractivity contribution < 1.29 is 32.0 Å². The summed E-state index contributed by atoms with van der Waals surface area (Å²) in [6.45, 7) is 4.54. The summed E-state index contributed by atoms with van der Waals surface area (Å²) in [5.74, 6) is -0.132. The third-order valence-corrected chi connectivity index (χ3v) is 2.65. The van der Waals surface area contributed by atoms with E-state index in [2.05, 4.69) is 0 Å². The van der Waals surface area contributed by atoms with Gasteiger partial charge in [-0.2, -0.15) is 0 Å². The summed E-state index contributed by atoms with van der Waals surface area (Å²) >= 11 is 0. The van der Waals surface area contributed by atoms with Gasteiger partial charge in [0, 0.05) is 5.56 Å². The van der Waals surface area contributed by atoms with Crippen molar-refractivity contribution in [1.82, 2.24) is 0 Å². The molecule has 0 heterocycles. The van der Waals surface area contributed by atoms with Crippen LogP contribution in [0.25, 0.3) is 0 Å². The van der Waals surface area contributed by atoms with Crippen LogP contribution in [0.15, 0.2) is 30.3 Å². The molecule has 2 N–H and O–H groups in total. The number of rotatable bonds is 7. The Morgan fingerprint density at radius 2 is 1.89 bits per heavy atom. The van der Waals surface area contributed by atoms with Gasteiger partial charge in [0.25, 0.3) is 0 Å². The molecule has 19 heavy (non-hydrogen) atoms. The quantitative estimate of drug-likeness (QED) is 0.456. The first kappa shape index (κ1) is 17.6. The Morgan fingerprint density at radius 1 is 1.26 bits per heavy atom. The Morgan fingerprint density at radius 3 is 2.47 bits per heavy atom. The highest BCUT2D eigenvalue weighted by Crippen LogP contribution is 2.01. The molecule has 1 rings (SSSR count). The van der Waals surface area contributed by atoms with Crippen molar-refractivity contribution in [2.45, 2.75) is 26.3 Å². The van der Waals surface area contributed by atoms with E-state index in [-0.39, 0.29) is 30.2 Å². The molecule has 1 unspecified atom stereocenters. The van der Waals surface area contributed by atoms with Crippen LogP contribution in [0.1, 0.15) is 30.6 Å². The molecule has 1 aromatic carbocycles. The molecule has 0 aliphatic heterocycles. The first-order valence-electron chi connectivity index (χ1n) is 6.23. The number of ketones is 1. The highest BCUT2D eigenvalue weighted by atomic mass is 35.5. The first-order chi connectivity index (χ1) is 8.65. The van der Waals surface area contributed by atoms with Gasteiger partial charge < -0.3 is 22.5 Å². The zero-order valence-electron chi connectivity index (χ0n) is 11.3. The number of carbonyl (C=O) groups is 2. The summed E-state index contributed by atoms with van der Waals surface area (Å²) < 4.78 is 4.89. The summed E-state index contributed by atoms with van der Waals surface area (Å²) in [7, 11) is 0. The molecule has 1 atom stereocenters. The van der Waals surface area contributed by atoms with Crippen LogP contribution < -0.4 is 17.7 Å². The van der Waals surface area contributed by atoms with Crippen LogP contribution in [0.5, 0.6) is 0 Å². The molecular formula is C14H20ClNO3. The SMILES string of the molecule is CCOC(=O)C(C)[NH2+]CCC(=O)c1ccccc1.[Cl-]. The number of carbonyl (C=O) groups excluding carboxylic acids is 2. The van der Waals surface area contributed by atoms with Crippen molar-refractivity contribution in [1.29, 1.82) is 0 Å². The maximum absolute atomic E-state index is 11.8. The van der Waals surface area contributed by atoms with Crippen molar-refractivity contribution in [2.24, 2.45) is 0 Å². The second kappa shape index (κ2) is 9.53. The maximum atomic E-state index is 11.8. The minimum absolute atomic E-state index is 0. The molecule has 0 bridgehead atoms. The van der Waals surface area contributed by atoms with Gasteiger partial charge in [-0.3, -0.25) is 4.79 Å². The van der Waals surface area contributed by atoms with E-state index in [4.69, 9.17) is 4.74 Å². The van der Waals surface area contributed by atoms with E-state index in [0.717, 1.165) is 5.56 Å². The summed E-state index contributed by atoms with van der Waals surface area (Å²) in [5.41, 5.74) is 0.717. The molecule has 5 heteroatoms. The molecule has 0 saturated heterocycles. The zero-order chi connectivity index (χ0) is 13.4. The van der Waals surface area contributed by atoms with E-state index in [0.29, 0.717) is 19.6 Å². The smallest absolute Gasteiger partial charge is 0.364 e. The molecule has 0 aliphatic rings. The maximum Gasteiger partial charge on any atom is 0.364 e. The summed E-state index contributed by atoms with van der Waals surface area (Å²) in [4.78, 5) is 23.1. The molecule has 0 radical (unpaired) electrons. The lowest BCUT2D eigenvalue weighted by Gasteiger charge is -2.09. The minimum Gasteiger partial charge on any atom is -1.00 e. The average Bonchev–Trinajstić information content (AvgIpc) is 2.39. The van der Waals surface area contributed by atoms with Crippen LogP contribution in [-0.4, -0.2) is 30.9 Å². The number of benzene rings is 1. The van der Waals surface area contributed by atoms with Gasteiger partial charge >= 0.3 is 5.97 Å². The Kier molecular flexibility index (Phi) is 8.83. The minimum atomic E-state index is -0.256. The van der Waals surface area contributed by atoms with Crippen molar-refractivity contribution in [3.63, 3.8) is 0 Å². The number of hydrogen-bond donors (Lipinski definition) is 1. The van der Waals surface area contributed by atoms with Gasteiger partial charge in [0.1, 0.15) is 0 Å². The van der Waals surface area contributed by atoms with Crippen LogP contribution in [0.2, 0.25) is 0 Å². The lowest BCUT2D eigenvalue weighted by atomic mass is 10.1. The lowest BCUT2D eigenvalue weighted by molar-refractivity contribution is -0.673. The van der Waals surface area contributed by atoms with E-state index in [9.17, 15) is 9.59 Å². The predicted molar refractivity (Wildman–Crippen MR) is 68.3 cm³/mol. The number of nitrogens with two attached hydrogens (primary N) is 1. The van der Waals surface area contributed by atoms with Crippen LogP contribution in [-0.2, 0) is 9.53 Å². The number of hydrogen-bond acceptors (Lipinski definition) is 3. The van der Waals surface area contributed by atoms with Crippen LogP contribution in [0, 0.1) is 0 Å². The topological polar surface area (TPSA) is 60.0 Å². The normalized spacial score (nSPS) is 11.3. The number of quaternary nitrogens is 1. The van der Waals surface area contributed by atoms with Crippen LogP contribution in [0.3, 0.4) is 0 Å². The Hall–Kier alpha value is -1.39. The molecule has 0 spiro atoms. The molecule has 0 saturated carbocycles. The third kappa shape index (κ3) is 6.36. The molecule has 0 amide bonds. The molecule has 4 nitrogen and oxygen atoms in total. The van der Waals surface area contributed by atoms with Crippen molar-refractivity contribution in [3.05, 3.63) is 35.9 Å². The van der Waals surface area contributed by atoms with E-state index < -0.39 is 0 Å². The van der Waals surface area contributed by atoms with E-state index in [1.54, 1.807) is 26.0 Å². The largest absolute Gasteiger partial charge is 1.00 e. The molecule has 0 aromatic heterocycles. The van der Waals surface area contributed by atoms with Gasteiger partial charge in [0.2, 0.25) is 0 Å². The number of ether oxygens (including phenoxy) is 1. The zero-order valence-corrected chi connectivity index (χ0v) is 12.0. The second-order valence-electron chi connectivity index (χ2n) is 4.10.